The van der Waals surface area contributed by atoms with Crippen LogP contribution in [0, 0.1) is 11.7 Å². The van der Waals surface area contributed by atoms with Crippen LogP contribution < -0.4 is 5.32 Å². The molecule has 1 aromatic heterocycles. The van der Waals surface area contributed by atoms with Crippen LogP contribution in [-0.4, -0.2) is 23.1 Å². The van der Waals surface area contributed by atoms with E-state index in [1.807, 2.05) is 44.2 Å². The number of rotatable bonds is 8. The normalized spacial score (nSPS) is 11.7. The Kier molecular flexibility index (Phi) is 7.23. The first kappa shape index (κ1) is 22.3. The second-order valence-electron chi connectivity index (χ2n) is 7.41. The molecule has 0 fully saturated rings. The number of halogens is 1. The molecule has 0 spiro atoms. The van der Waals surface area contributed by atoms with Crippen LogP contribution >= 0.6 is 0 Å². The van der Waals surface area contributed by atoms with Crippen molar-refractivity contribution in [1.82, 2.24) is 4.57 Å². The number of carbonyl (C=O) groups is 2. The van der Waals surface area contributed by atoms with E-state index in [0.29, 0.717) is 29.8 Å². The Morgan fingerprint density at radius 3 is 2.48 bits per heavy atom. The standard InChI is InChI=1S/C25H27FN2O3/c1-4-17(3)24(29)27-22-21(19-12-9-13-20(26)14-19)16-28(23(22)25(30)31-5-2)15-18-10-7-6-8-11-18/h6-14,16-17H,4-5,15H2,1-3H3,(H,27,29)/t17-/m0/s1. The molecule has 3 rings (SSSR count). The second-order valence-corrected chi connectivity index (χ2v) is 7.41. The second kappa shape index (κ2) is 10.1. The van der Waals surface area contributed by atoms with Gasteiger partial charge in [-0.25, -0.2) is 9.18 Å². The molecule has 3 aromatic rings. The van der Waals surface area contributed by atoms with Crippen molar-refractivity contribution in [1.29, 1.82) is 0 Å². The third-order valence-corrected chi connectivity index (χ3v) is 5.19. The van der Waals surface area contributed by atoms with Crippen molar-refractivity contribution in [2.45, 2.75) is 33.7 Å². The zero-order valence-corrected chi connectivity index (χ0v) is 18.0. The van der Waals surface area contributed by atoms with Gasteiger partial charge in [-0.3, -0.25) is 4.79 Å². The van der Waals surface area contributed by atoms with E-state index in [1.165, 1.54) is 12.1 Å². The fraction of sp³-hybridized carbons (Fsp3) is 0.280. The largest absolute Gasteiger partial charge is 0.461 e. The lowest BCUT2D eigenvalue weighted by Crippen LogP contribution is -2.22. The van der Waals surface area contributed by atoms with E-state index in [9.17, 15) is 14.0 Å². The highest BCUT2D eigenvalue weighted by Gasteiger charge is 2.26. The molecule has 0 aliphatic rings. The van der Waals surface area contributed by atoms with E-state index in [4.69, 9.17) is 4.74 Å². The van der Waals surface area contributed by atoms with Crippen LogP contribution in [0.5, 0.6) is 0 Å². The molecule has 1 heterocycles. The highest BCUT2D eigenvalue weighted by Crippen LogP contribution is 2.35. The summed E-state index contributed by atoms with van der Waals surface area (Å²) in [6.45, 7) is 6.07. The molecular weight excluding hydrogens is 395 g/mol. The topological polar surface area (TPSA) is 60.3 Å². The minimum absolute atomic E-state index is 0.198. The molecule has 0 bridgehead atoms. The summed E-state index contributed by atoms with van der Waals surface area (Å²) < 4.78 is 21.0. The van der Waals surface area contributed by atoms with Crippen LogP contribution in [0.3, 0.4) is 0 Å². The summed E-state index contributed by atoms with van der Waals surface area (Å²) >= 11 is 0. The van der Waals surface area contributed by atoms with Gasteiger partial charge in [-0.15, -0.1) is 0 Å². The first-order valence-corrected chi connectivity index (χ1v) is 10.5. The number of benzene rings is 2. The van der Waals surface area contributed by atoms with E-state index >= 15 is 0 Å². The Morgan fingerprint density at radius 1 is 1.10 bits per heavy atom. The number of anilines is 1. The van der Waals surface area contributed by atoms with Crippen molar-refractivity contribution in [2.75, 3.05) is 11.9 Å². The number of ether oxygens (including phenoxy) is 1. The number of esters is 1. The van der Waals surface area contributed by atoms with Gasteiger partial charge in [0.15, 0.2) is 5.69 Å². The monoisotopic (exact) mass is 422 g/mol. The summed E-state index contributed by atoms with van der Waals surface area (Å²) in [4.78, 5) is 25.7. The minimum atomic E-state index is -0.541. The van der Waals surface area contributed by atoms with Crippen LogP contribution in [0.25, 0.3) is 11.1 Å². The van der Waals surface area contributed by atoms with Gasteiger partial charge in [-0.2, -0.15) is 0 Å². The number of amides is 1. The predicted octanol–water partition coefficient (Wildman–Crippen LogP) is 5.50. The van der Waals surface area contributed by atoms with Gasteiger partial charge >= 0.3 is 5.97 Å². The maximum Gasteiger partial charge on any atom is 0.357 e. The number of hydrogen-bond donors (Lipinski definition) is 1. The molecular formula is C25H27FN2O3. The van der Waals surface area contributed by atoms with Crippen molar-refractivity contribution in [2.24, 2.45) is 5.92 Å². The molecule has 0 saturated carbocycles. The van der Waals surface area contributed by atoms with Crippen molar-refractivity contribution in [3.8, 4) is 11.1 Å². The fourth-order valence-electron chi connectivity index (χ4n) is 3.31. The summed E-state index contributed by atoms with van der Waals surface area (Å²) in [6.07, 6.45) is 2.42. The van der Waals surface area contributed by atoms with Crippen molar-refractivity contribution < 1.29 is 18.7 Å². The van der Waals surface area contributed by atoms with Crippen LogP contribution in [0.2, 0.25) is 0 Å². The molecule has 6 heteroatoms. The Labute approximate surface area is 181 Å². The SMILES string of the molecule is CCOC(=O)c1c(NC(=O)[C@@H](C)CC)c(-c2cccc(F)c2)cn1Cc1ccccc1. The molecule has 0 unspecified atom stereocenters. The molecule has 162 valence electrons. The lowest BCUT2D eigenvalue weighted by Gasteiger charge is -2.14. The molecule has 31 heavy (non-hydrogen) atoms. The van der Waals surface area contributed by atoms with E-state index < -0.39 is 11.8 Å². The Hall–Kier alpha value is -3.41. The number of carbonyl (C=O) groups excluding carboxylic acids is 2. The molecule has 1 amide bonds. The van der Waals surface area contributed by atoms with Gasteiger partial charge in [-0.1, -0.05) is 56.3 Å². The van der Waals surface area contributed by atoms with Crippen molar-refractivity contribution in [3.05, 3.63) is 77.9 Å². The summed E-state index contributed by atoms with van der Waals surface area (Å²) in [5, 5.41) is 2.91. The zero-order chi connectivity index (χ0) is 22.4. The quantitative estimate of drug-likeness (QED) is 0.488. The predicted molar refractivity (Wildman–Crippen MR) is 119 cm³/mol. The first-order valence-electron chi connectivity index (χ1n) is 10.5. The summed E-state index contributed by atoms with van der Waals surface area (Å²) in [6, 6.07) is 15.8. The van der Waals surface area contributed by atoms with E-state index in [1.54, 1.807) is 29.8 Å². The molecule has 0 aliphatic carbocycles. The maximum absolute atomic E-state index is 14.0. The van der Waals surface area contributed by atoms with E-state index in [0.717, 1.165) is 5.56 Å². The van der Waals surface area contributed by atoms with Gasteiger partial charge < -0.3 is 14.6 Å². The molecule has 0 radical (unpaired) electrons. The van der Waals surface area contributed by atoms with Gasteiger partial charge in [0, 0.05) is 24.2 Å². The van der Waals surface area contributed by atoms with Gasteiger partial charge in [-0.05, 0) is 36.6 Å². The van der Waals surface area contributed by atoms with Crippen LogP contribution in [0.4, 0.5) is 10.1 Å². The molecule has 0 saturated heterocycles. The van der Waals surface area contributed by atoms with E-state index in [2.05, 4.69) is 5.32 Å². The third-order valence-electron chi connectivity index (χ3n) is 5.19. The highest BCUT2D eigenvalue weighted by molar-refractivity contribution is 6.06. The summed E-state index contributed by atoms with van der Waals surface area (Å²) in [5.41, 5.74) is 2.69. The highest BCUT2D eigenvalue weighted by atomic mass is 19.1. The molecule has 5 nitrogen and oxygen atoms in total. The van der Waals surface area contributed by atoms with Crippen LogP contribution in [0.1, 0.15) is 43.2 Å². The van der Waals surface area contributed by atoms with Crippen molar-refractivity contribution >= 4 is 17.6 Å². The van der Waals surface area contributed by atoms with Crippen molar-refractivity contribution in [3.63, 3.8) is 0 Å². The van der Waals surface area contributed by atoms with Crippen LogP contribution in [-0.2, 0) is 16.1 Å². The third kappa shape index (κ3) is 5.20. The molecule has 0 aliphatic heterocycles. The van der Waals surface area contributed by atoms with E-state index in [-0.39, 0.29) is 24.1 Å². The molecule has 2 aromatic carbocycles. The Balaban J connectivity index is 2.18. The number of aromatic nitrogens is 1. The lowest BCUT2D eigenvalue weighted by atomic mass is 10.0. The average Bonchev–Trinajstić information content (AvgIpc) is 3.11. The van der Waals surface area contributed by atoms with Gasteiger partial charge in [0.05, 0.1) is 12.3 Å². The molecule has 1 atom stereocenters. The number of hydrogen-bond acceptors (Lipinski definition) is 3. The van der Waals surface area contributed by atoms with Gasteiger partial charge in [0.2, 0.25) is 5.91 Å². The minimum Gasteiger partial charge on any atom is -0.461 e. The Bertz CT molecular complexity index is 1060. The van der Waals surface area contributed by atoms with Gasteiger partial charge in [0.1, 0.15) is 5.82 Å². The lowest BCUT2D eigenvalue weighted by molar-refractivity contribution is -0.119. The molecule has 1 N–H and O–H groups in total. The smallest absolute Gasteiger partial charge is 0.357 e. The Morgan fingerprint density at radius 2 is 1.84 bits per heavy atom. The number of nitrogens with zero attached hydrogens (tertiary/aromatic N) is 1. The average molecular weight is 423 g/mol. The van der Waals surface area contributed by atoms with Crippen LogP contribution in [0.15, 0.2) is 60.8 Å². The van der Waals surface area contributed by atoms with Gasteiger partial charge in [0.25, 0.3) is 0 Å². The fourth-order valence-corrected chi connectivity index (χ4v) is 3.31. The number of nitrogens with one attached hydrogen (secondary N) is 1. The first-order chi connectivity index (χ1) is 14.9. The summed E-state index contributed by atoms with van der Waals surface area (Å²) in [5.74, 6) is -1.39. The zero-order valence-electron chi connectivity index (χ0n) is 18.0. The summed E-state index contributed by atoms with van der Waals surface area (Å²) in [7, 11) is 0. The maximum atomic E-state index is 14.0.